The highest BCUT2D eigenvalue weighted by Crippen LogP contribution is 2.21. The lowest BCUT2D eigenvalue weighted by atomic mass is 10.1. The van der Waals surface area contributed by atoms with Crippen LogP contribution in [0.3, 0.4) is 0 Å². The third kappa shape index (κ3) is 8.77. The summed E-state index contributed by atoms with van der Waals surface area (Å²) >= 11 is 0. The molecule has 8 nitrogen and oxygen atoms in total. The molecule has 3 amide bonds. The first-order valence-electron chi connectivity index (χ1n) is 9.95. The average Bonchev–Trinajstić information content (AvgIpc) is 2.71. The summed E-state index contributed by atoms with van der Waals surface area (Å²) in [5.41, 5.74) is 1.29. The largest absolute Gasteiger partial charge is 0.497 e. The van der Waals surface area contributed by atoms with Gasteiger partial charge >= 0.3 is 6.09 Å². The van der Waals surface area contributed by atoms with Gasteiger partial charge in [0.15, 0.2) is 0 Å². The van der Waals surface area contributed by atoms with Crippen molar-refractivity contribution < 1.29 is 23.9 Å². The summed E-state index contributed by atoms with van der Waals surface area (Å²) in [5, 5.41) is 7.89. The summed E-state index contributed by atoms with van der Waals surface area (Å²) in [6.45, 7) is 4.95. The standard InChI is InChI=1S/C23H29N3O5/c1-23(2,3)31-22(29)24-15-21(28)26-19-8-6-5-7-18(19)25-20(27)14-11-16-9-12-17(30-4)13-10-16/h5-10,12-13H,11,14-15H2,1-4H3,(H,24,29)(H,25,27)(H,26,28). The molecule has 166 valence electrons. The molecule has 2 aromatic carbocycles. The van der Waals surface area contributed by atoms with Gasteiger partial charge in [-0.2, -0.15) is 0 Å². The lowest BCUT2D eigenvalue weighted by Gasteiger charge is -2.19. The Labute approximate surface area is 182 Å². The van der Waals surface area contributed by atoms with Gasteiger partial charge < -0.3 is 25.4 Å². The summed E-state index contributed by atoms with van der Waals surface area (Å²) < 4.78 is 10.2. The Hall–Kier alpha value is -3.55. The zero-order valence-electron chi connectivity index (χ0n) is 18.3. The fourth-order valence-corrected chi connectivity index (χ4v) is 2.62. The SMILES string of the molecule is COc1ccc(CCC(=O)Nc2ccccc2NC(=O)CNC(=O)OC(C)(C)C)cc1. The molecule has 0 bridgehead atoms. The maximum absolute atomic E-state index is 12.4. The monoisotopic (exact) mass is 427 g/mol. The highest BCUT2D eigenvalue weighted by Gasteiger charge is 2.17. The maximum Gasteiger partial charge on any atom is 0.408 e. The molecule has 0 aromatic heterocycles. The van der Waals surface area contributed by atoms with E-state index in [1.165, 1.54) is 0 Å². The minimum atomic E-state index is -0.678. The van der Waals surface area contributed by atoms with Gasteiger partial charge in [0, 0.05) is 6.42 Å². The van der Waals surface area contributed by atoms with E-state index in [0.29, 0.717) is 17.8 Å². The van der Waals surface area contributed by atoms with Crippen LogP contribution in [0.4, 0.5) is 16.2 Å². The number of amides is 3. The van der Waals surface area contributed by atoms with Crippen LogP contribution in [-0.2, 0) is 20.7 Å². The predicted molar refractivity (Wildman–Crippen MR) is 119 cm³/mol. The van der Waals surface area contributed by atoms with Crippen LogP contribution in [0.1, 0.15) is 32.8 Å². The maximum atomic E-state index is 12.4. The first kappa shape index (κ1) is 23.7. The molecule has 0 radical (unpaired) electrons. The number of carbonyl (C=O) groups is 3. The van der Waals surface area contributed by atoms with E-state index in [-0.39, 0.29) is 18.9 Å². The molecule has 0 saturated heterocycles. The molecule has 2 aromatic rings. The number of hydrogen-bond donors (Lipinski definition) is 3. The summed E-state index contributed by atoms with van der Waals surface area (Å²) in [6, 6.07) is 14.4. The Morgan fingerprint density at radius 2 is 1.45 bits per heavy atom. The lowest BCUT2D eigenvalue weighted by molar-refractivity contribution is -0.116. The van der Waals surface area contributed by atoms with Crippen molar-refractivity contribution in [2.75, 3.05) is 24.3 Å². The van der Waals surface area contributed by atoms with Crippen molar-refractivity contribution in [3.63, 3.8) is 0 Å². The molecule has 0 aliphatic rings. The van der Waals surface area contributed by atoms with E-state index in [4.69, 9.17) is 9.47 Å². The van der Waals surface area contributed by atoms with Crippen molar-refractivity contribution in [1.29, 1.82) is 0 Å². The van der Waals surface area contributed by atoms with E-state index in [1.807, 2.05) is 24.3 Å². The van der Waals surface area contributed by atoms with Gasteiger partial charge in [0.1, 0.15) is 17.9 Å². The number of aryl methyl sites for hydroxylation is 1. The van der Waals surface area contributed by atoms with E-state index < -0.39 is 17.6 Å². The van der Waals surface area contributed by atoms with Gasteiger partial charge in [0.2, 0.25) is 11.8 Å². The number of alkyl carbamates (subject to hydrolysis) is 1. The predicted octanol–water partition coefficient (Wildman–Crippen LogP) is 3.73. The third-order valence-electron chi connectivity index (χ3n) is 4.07. The molecule has 3 N–H and O–H groups in total. The summed E-state index contributed by atoms with van der Waals surface area (Å²) in [6.07, 6.45) is 0.182. The topological polar surface area (TPSA) is 106 Å². The van der Waals surface area contributed by atoms with E-state index in [2.05, 4.69) is 16.0 Å². The second kappa shape index (κ2) is 11.0. The Morgan fingerprint density at radius 1 is 0.871 bits per heavy atom. The van der Waals surface area contributed by atoms with Crippen molar-refractivity contribution in [3.05, 3.63) is 54.1 Å². The van der Waals surface area contributed by atoms with Gasteiger partial charge in [-0.05, 0) is 57.0 Å². The van der Waals surface area contributed by atoms with Crippen LogP contribution in [0.5, 0.6) is 5.75 Å². The van der Waals surface area contributed by atoms with Crippen molar-refractivity contribution >= 4 is 29.3 Å². The zero-order valence-corrected chi connectivity index (χ0v) is 18.3. The van der Waals surface area contributed by atoms with E-state index >= 15 is 0 Å². The number of methoxy groups -OCH3 is 1. The van der Waals surface area contributed by atoms with Gasteiger partial charge in [-0.1, -0.05) is 24.3 Å². The molecule has 0 fully saturated rings. The lowest BCUT2D eigenvalue weighted by Crippen LogP contribution is -2.37. The van der Waals surface area contributed by atoms with Crippen LogP contribution < -0.4 is 20.7 Å². The first-order valence-corrected chi connectivity index (χ1v) is 9.95. The normalized spacial score (nSPS) is 10.7. The van der Waals surface area contributed by atoms with Crippen molar-refractivity contribution in [2.45, 2.75) is 39.2 Å². The molecule has 31 heavy (non-hydrogen) atoms. The molecule has 2 rings (SSSR count). The van der Waals surface area contributed by atoms with E-state index in [0.717, 1.165) is 11.3 Å². The smallest absolute Gasteiger partial charge is 0.408 e. The molecule has 0 atom stereocenters. The highest BCUT2D eigenvalue weighted by atomic mass is 16.6. The van der Waals surface area contributed by atoms with Crippen LogP contribution >= 0.6 is 0 Å². The number of ether oxygens (including phenoxy) is 2. The fraction of sp³-hybridized carbons (Fsp3) is 0.348. The Bertz CT molecular complexity index is 904. The Morgan fingerprint density at radius 3 is 2.00 bits per heavy atom. The van der Waals surface area contributed by atoms with Crippen LogP contribution in [0.2, 0.25) is 0 Å². The fourth-order valence-electron chi connectivity index (χ4n) is 2.62. The minimum Gasteiger partial charge on any atom is -0.497 e. The number of nitrogens with one attached hydrogen (secondary N) is 3. The summed E-state index contributed by atoms with van der Waals surface area (Å²) in [7, 11) is 1.60. The molecule has 0 heterocycles. The van der Waals surface area contributed by atoms with Gasteiger partial charge in [-0.15, -0.1) is 0 Å². The Balaban J connectivity index is 1.86. The number of carbonyl (C=O) groups excluding carboxylic acids is 3. The van der Waals surface area contributed by atoms with Crippen molar-refractivity contribution in [3.8, 4) is 5.75 Å². The summed E-state index contributed by atoms with van der Waals surface area (Å²) in [5.74, 6) is 0.147. The van der Waals surface area contributed by atoms with E-state index in [1.54, 1.807) is 52.1 Å². The molecule has 0 aliphatic heterocycles. The van der Waals surface area contributed by atoms with Gasteiger partial charge in [0.05, 0.1) is 18.5 Å². The van der Waals surface area contributed by atoms with Crippen molar-refractivity contribution in [2.24, 2.45) is 0 Å². The minimum absolute atomic E-state index is 0.176. The molecule has 0 saturated carbocycles. The third-order valence-corrected chi connectivity index (χ3v) is 4.07. The molecule has 0 spiro atoms. The van der Waals surface area contributed by atoms with Crippen LogP contribution in [-0.4, -0.2) is 37.2 Å². The molecule has 0 aliphatic carbocycles. The molecular weight excluding hydrogens is 398 g/mol. The molecular formula is C23H29N3O5. The quantitative estimate of drug-likeness (QED) is 0.595. The second-order valence-electron chi connectivity index (χ2n) is 7.85. The second-order valence-corrected chi connectivity index (χ2v) is 7.85. The van der Waals surface area contributed by atoms with Crippen LogP contribution in [0.25, 0.3) is 0 Å². The molecule has 0 unspecified atom stereocenters. The van der Waals surface area contributed by atoms with Crippen molar-refractivity contribution in [1.82, 2.24) is 5.32 Å². The number of para-hydroxylation sites is 2. The number of rotatable bonds is 8. The molecule has 8 heteroatoms. The van der Waals surface area contributed by atoms with Gasteiger partial charge in [0.25, 0.3) is 0 Å². The van der Waals surface area contributed by atoms with Crippen LogP contribution in [0.15, 0.2) is 48.5 Å². The zero-order chi connectivity index (χ0) is 22.9. The highest BCUT2D eigenvalue weighted by molar-refractivity contribution is 6.00. The summed E-state index contributed by atoms with van der Waals surface area (Å²) in [4.78, 5) is 36.2. The number of anilines is 2. The van der Waals surface area contributed by atoms with Gasteiger partial charge in [-0.3, -0.25) is 9.59 Å². The average molecular weight is 428 g/mol. The van der Waals surface area contributed by atoms with Crippen LogP contribution in [0, 0.1) is 0 Å². The van der Waals surface area contributed by atoms with E-state index in [9.17, 15) is 14.4 Å². The first-order chi connectivity index (χ1) is 14.7. The Kier molecular flexibility index (Phi) is 8.43. The number of benzene rings is 2. The number of hydrogen-bond acceptors (Lipinski definition) is 5. The van der Waals surface area contributed by atoms with Gasteiger partial charge in [-0.25, -0.2) is 4.79 Å².